The highest BCUT2D eigenvalue weighted by Crippen LogP contribution is 2.30. The van der Waals surface area contributed by atoms with Crippen LogP contribution in [-0.4, -0.2) is 29.4 Å². The average Bonchev–Trinajstić information content (AvgIpc) is 3.09. The molecule has 138 valence electrons. The molecule has 1 aliphatic rings. The molecule has 1 fully saturated rings. The van der Waals surface area contributed by atoms with E-state index in [1.807, 2.05) is 0 Å². The molecule has 0 aromatic carbocycles. The fourth-order valence-corrected chi connectivity index (χ4v) is 3.96. The molecule has 1 heterocycles. The summed E-state index contributed by atoms with van der Waals surface area (Å²) in [5.74, 6) is -1.64. The lowest BCUT2D eigenvalue weighted by Crippen LogP contribution is -2.43. The minimum absolute atomic E-state index is 0.0161. The number of nitrogens with one attached hydrogen (secondary N) is 2. The van der Waals surface area contributed by atoms with Crippen LogP contribution in [0.15, 0.2) is 12.1 Å². The molecule has 7 heteroatoms. The summed E-state index contributed by atoms with van der Waals surface area (Å²) in [5.41, 5.74) is 0. The van der Waals surface area contributed by atoms with Crippen LogP contribution in [0, 0.1) is 11.8 Å². The van der Waals surface area contributed by atoms with E-state index in [0.717, 1.165) is 54.7 Å². The third-order valence-corrected chi connectivity index (χ3v) is 5.65. The number of aromatic carboxylic acids is 1. The number of hydrogen-bond acceptors (Lipinski definition) is 4. The van der Waals surface area contributed by atoms with Gasteiger partial charge in [0.2, 0.25) is 11.8 Å². The van der Waals surface area contributed by atoms with Gasteiger partial charge in [0.1, 0.15) is 4.88 Å². The Labute approximate surface area is 152 Å². The van der Waals surface area contributed by atoms with Gasteiger partial charge in [-0.1, -0.05) is 26.2 Å². The normalized spacial score (nSPS) is 20.0. The molecular formula is C18H26N2O4S. The number of amides is 2. The highest BCUT2D eigenvalue weighted by atomic mass is 32.1. The highest BCUT2D eigenvalue weighted by molar-refractivity contribution is 7.13. The Morgan fingerprint density at radius 3 is 2.32 bits per heavy atom. The molecule has 2 rings (SSSR count). The van der Waals surface area contributed by atoms with E-state index in [1.54, 1.807) is 12.1 Å². The second-order valence-electron chi connectivity index (χ2n) is 6.43. The zero-order chi connectivity index (χ0) is 18.2. The van der Waals surface area contributed by atoms with Crippen LogP contribution < -0.4 is 10.6 Å². The summed E-state index contributed by atoms with van der Waals surface area (Å²) >= 11 is 1.16. The van der Waals surface area contributed by atoms with E-state index in [-0.39, 0.29) is 28.5 Å². The smallest absolute Gasteiger partial charge is 0.345 e. The predicted octanol–water partition coefficient (Wildman–Crippen LogP) is 2.79. The van der Waals surface area contributed by atoms with Gasteiger partial charge in [-0.3, -0.25) is 9.59 Å². The Balaban J connectivity index is 1.90. The molecule has 25 heavy (non-hydrogen) atoms. The van der Waals surface area contributed by atoms with Crippen molar-refractivity contribution in [3.63, 3.8) is 0 Å². The molecule has 0 radical (unpaired) electrons. The summed E-state index contributed by atoms with van der Waals surface area (Å²) in [5, 5.41) is 14.8. The van der Waals surface area contributed by atoms with Gasteiger partial charge in [0.05, 0.1) is 6.54 Å². The molecular weight excluding hydrogens is 340 g/mol. The SMILES string of the molecule is CCCCNC(=O)[C@@H]1CCCC[C@@H]1C(=O)NCc1ccc(C(=O)O)s1. The monoisotopic (exact) mass is 366 g/mol. The number of carbonyl (C=O) groups excluding carboxylic acids is 2. The first-order chi connectivity index (χ1) is 12.0. The maximum atomic E-state index is 12.6. The number of carboxylic acid groups (broad SMARTS) is 1. The summed E-state index contributed by atoms with van der Waals surface area (Å²) < 4.78 is 0. The fourth-order valence-electron chi connectivity index (χ4n) is 3.17. The standard InChI is InChI=1S/C18H26N2O4S/c1-2-3-10-19-16(21)13-6-4-5-7-14(13)17(22)20-11-12-8-9-15(25-12)18(23)24/h8-9,13-14H,2-7,10-11H2,1H3,(H,19,21)(H,20,22)(H,23,24)/t13-,14+/m1/s1. The van der Waals surface area contributed by atoms with Crippen molar-refractivity contribution in [1.82, 2.24) is 10.6 Å². The van der Waals surface area contributed by atoms with Crippen molar-refractivity contribution in [1.29, 1.82) is 0 Å². The molecule has 3 N–H and O–H groups in total. The van der Waals surface area contributed by atoms with Crippen LogP contribution >= 0.6 is 11.3 Å². The van der Waals surface area contributed by atoms with Crippen molar-refractivity contribution >= 4 is 29.1 Å². The predicted molar refractivity (Wildman–Crippen MR) is 96.5 cm³/mol. The molecule has 1 aliphatic carbocycles. The van der Waals surface area contributed by atoms with Crippen LogP contribution in [0.25, 0.3) is 0 Å². The maximum absolute atomic E-state index is 12.6. The molecule has 0 spiro atoms. The topological polar surface area (TPSA) is 95.5 Å². The molecule has 2 amide bonds. The molecule has 0 bridgehead atoms. The summed E-state index contributed by atoms with van der Waals surface area (Å²) in [7, 11) is 0. The lowest BCUT2D eigenvalue weighted by molar-refractivity contribution is -0.136. The molecule has 1 aromatic heterocycles. The summed E-state index contributed by atoms with van der Waals surface area (Å²) in [4.78, 5) is 36.9. The van der Waals surface area contributed by atoms with Crippen molar-refractivity contribution in [3.8, 4) is 0 Å². The van der Waals surface area contributed by atoms with E-state index in [2.05, 4.69) is 17.6 Å². The third kappa shape index (κ3) is 5.56. The number of unbranched alkanes of at least 4 members (excludes halogenated alkanes) is 1. The van der Waals surface area contributed by atoms with Gasteiger partial charge in [0.15, 0.2) is 0 Å². The molecule has 1 saturated carbocycles. The second kappa shape index (κ2) is 9.56. The highest BCUT2D eigenvalue weighted by Gasteiger charge is 2.35. The number of thiophene rings is 1. The number of rotatable bonds is 8. The zero-order valence-electron chi connectivity index (χ0n) is 14.5. The average molecular weight is 366 g/mol. The number of carbonyl (C=O) groups is 3. The van der Waals surface area contributed by atoms with Gasteiger partial charge in [0.25, 0.3) is 0 Å². The van der Waals surface area contributed by atoms with E-state index >= 15 is 0 Å². The zero-order valence-corrected chi connectivity index (χ0v) is 15.4. The van der Waals surface area contributed by atoms with Crippen LogP contribution in [0.4, 0.5) is 0 Å². The Hall–Kier alpha value is -1.89. The van der Waals surface area contributed by atoms with Crippen molar-refractivity contribution in [3.05, 3.63) is 21.9 Å². The fraction of sp³-hybridized carbons (Fsp3) is 0.611. The van der Waals surface area contributed by atoms with Crippen LogP contribution in [-0.2, 0) is 16.1 Å². The van der Waals surface area contributed by atoms with E-state index < -0.39 is 5.97 Å². The molecule has 2 atom stereocenters. The lowest BCUT2D eigenvalue weighted by atomic mass is 9.78. The van der Waals surface area contributed by atoms with Gasteiger partial charge in [-0.25, -0.2) is 4.79 Å². The van der Waals surface area contributed by atoms with Crippen molar-refractivity contribution in [2.24, 2.45) is 11.8 Å². The van der Waals surface area contributed by atoms with Gasteiger partial charge in [-0.05, 0) is 31.4 Å². The van der Waals surface area contributed by atoms with Crippen molar-refractivity contribution in [2.75, 3.05) is 6.54 Å². The van der Waals surface area contributed by atoms with Crippen LogP contribution in [0.3, 0.4) is 0 Å². The Kier molecular flexibility index (Phi) is 7.43. The number of hydrogen-bond donors (Lipinski definition) is 3. The Morgan fingerprint density at radius 2 is 1.76 bits per heavy atom. The van der Waals surface area contributed by atoms with E-state index in [4.69, 9.17) is 5.11 Å². The van der Waals surface area contributed by atoms with E-state index in [1.165, 1.54) is 0 Å². The molecule has 1 aromatic rings. The van der Waals surface area contributed by atoms with Gasteiger partial charge < -0.3 is 15.7 Å². The first kappa shape index (κ1) is 19.4. The summed E-state index contributed by atoms with van der Waals surface area (Å²) in [6, 6.07) is 3.25. The van der Waals surface area contributed by atoms with Gasteiger partial charge in [0, 0.05) is 23.3 Å². The van der Waals surface area contributed by atoms with Gasteiger partial charge >= 0.3 is 5.97 Å². The first-order valence-corrected chi connectivity index (χ1v) is 9.72. The Bertz CT molecular complexity index is 614. The second-order valence-corrected chi connectivity index (χ2v) is 7.60. The minimum atomic E-state index is -0.960. The lowest BCUT2D eigenvalue weighted by Gasteiger charge is -2.29. The van der Waals surface area contributed by atoms with E-state index in [9.17, 15) is 14.4 Å². The quantitative estimate of drug-likeness (QED) is 0.617. The van der Waals surface area contributed by atoms with Crippen molar-refractivity contribution < 1.29 is 19.5 Å². The summed E-state index contributed by atoms with van der Waals surface area (Å²) in [6.07, 6.45) is 5.37. The third-order valence-electron chi connectivity index (χ3n) is 4.58. The van der Waals surface area contributed by atoms with Gasteiger partial charge in [-0.15, -0.1) is 11.3 Å². The molecule has 0 aliphatic heterocycles. The number of carboxylic acids is 1. The van der Waals surface area contributed by atoms with Crippen LogP contribution in [0.5, 0.6) is 0 Å². The van der Waals surface area contributed by atoms with Gasteiger partial charge in [-0.2, -0.15) is 0 Å². The first-order valence-electron chi connectivity index (χ1n) is 8.90. The molecule has 0 saturated heterocycles. The molecule has 6 nitrogen and oxygen atoms in total. The largest absolute Gasteiger partial charge is 0.477 e. The minimum Gasteiger partial charge on any atom is -0.477 e. The molecule has 0 unspecified atom stereocenters. The van der Waals surface area contributed by atoms with Crippen molar-refractivity contribution in [2.45, 2.75) is 52.0 Å². The van der Waals surface area contributed by atoms with Crippen LogP contribution in [0.1, 0.15) is 60.0 Å². The maximum Gasteiger partial charge on any atom is 0.345 e. The van der Waals surface area contributed by atoms with Crippen LogP contribution in [0.2, 0.25) is 0 Å². The summed E-state index contributed by atoms with van der Waals surface area (Å²) in [6.45, 7) is 3.04. The Morgan fingerprint density at radius 1 is 1.12 bits per heavy atom. The van der Waals surface area contributed by atoms with E-state index in [0.29, 0.717) is 13.1 Å².